The molecular weight excluding hydrogens is 228 g/mol. The van der Waals surface area contributed by atoms with E-state index in [4.69, 9.17) is 11.6 Å². The molecule has 0 unspecified atom stereocenters. The van der Waals surface area contributed by atoms with E-state index in [1.807, 2.05) is 4.90 Å². The summed E-state index contributed by atoms with van der Waals surface area (Å²) in [6, 6.07) is 1.74. The fraction of sp³-hybridized carbons (Fsp3) is 0.500. The maximum absolute atomic E-state index is 11.2. The first kappa shape index (κ1) is 11.1. The summed E-state index contributed by atoms with van der Waals surface area (Å²) in [6.45, 7) is 4.63. The van der Waals surface area contributed by atoms with Crippen molar-refractivity contribution >= 4 is 23.3 Å². The zero-order valence-corrected chi connectivity index (χ0v) is 9.81. The van der Waals surface area contributed by atoms with Gasteiger partial charge < -0.3 is 9.80 Å². The maximum atomic E-state index is 11.2. The van der Waals surface area contributed by atoms with Crippen LogP contribution in [0.2, 0.25) is 5.15 Å². The lowest BCUT2D eigenvalue weighted by Crippen LogP contribution is -2.48. The Hall–Kier alpha value is -1.36. The monoisotopic (exact) mass is 240 g/mol. The Morgan fingerprint density at radius 2 is 2.00 bits per heavy atom. The Labute approximate surface area is 99.0 Å². The first-order valence-corrected chi connectivity index (χ1v) is 5.52. The molecule has 0 saturated carbocycles. The molecule has 86 valence electrons. The molecule has 2 rings (SSSR count). The molecule has 0 bridgehead atoms. The van der Waals surface area contributed by atoms with Crippen LogP contribution in [0.25, 0.3) is 0 Å². The Morgan fingerprint density at radius 3 is 2.56 bits per heavy atom. The molecule has 1 aliphatic heterocycles. The molecule has 16 heavy (non-hydrogen) atoms. The van der Waals surface area contributed by atoms with Gasteiger partial charge in [-0.3, -0.25) is 4.79 Å². The van der Waals surface area contributed by atoms with Gasteiger partial charge in [0.1, 0.15) is 17.3 Å². The zero-order chi connectivity index (χ0) is 11.5. The van der Waals surface area contributed by atoms with Gasteiger partial charge >= 0.3 is 0 Å². The molecule has 5 nitrogen and oxygen atoms in total. The van der Waals surface area contributed by atoms with E-state index in [2.05, 4.69) is 14.9 Å². The van der Waals surface area contributed by atoms with Crippen LogP contribution >= 0.6 is 11.6 Å². The van der Waals surface area contributed by atoms with E-state index in [1.54, 1.807) is 13.0 Å². The first-order chi connectivity index (χ1) is 7.66. The minimum atomic E-state index is 0.125. The topological polar surface area (TPSA) is 49.3 Å². The van der Waals surface area contributed by atoms with Gasteiger partial charge in [0.2, 0.25) is 5.91 Å². The van der Waals surface area contributed by atoms with Crippen LogP contribution in [-0.4, -0.2) is 47.0 Å². The van der Waals surface area contributed by atoms with E-state index in [0.29, 0.717) is 5.15 Å². The number of carbonyl (C=O) groups is 1. The minimum absolute atomic E-state index is 0.125. The summed E-state index contributed by atoms with van der Waals surface area (Å²) in [7, 11) is 0. The number of rotatable bonds is 1. The van der Waals surface area contributed by atoms with Gasteiger partial charge in [-0.25, -0.2) is 9.97 Å². The maximum Gasteiger partial charge on any atom is 0.219 e. The third-order valence-corrected chi connectivity index (χ3v) is 2.87. The van der Waals surface area contributed by atoms with Crippen molar-refractivity contribution < 1.29 is 4.79 Å². The number of hydrogen-bond acceptors (Lipinski definition) is 4. The highest BCUT2D eigenvalue weighted by atomic mass is 35.5. The normalized spacial score (nSPS) is 16.4. The smallest absolute Gasteiger partial charge is 0.219 e. The van der Waals surface area contributed by atoms with Crippen LogP contribution in [0.3, 0.4) is 0 Å². The Bertz CT molecular complexity index is 390. The number of piperazine rings is 1. The van der Waals surface area contributed by atoms with Crippen molar-refractivity contribution in [2.45, 2.75) is 6.92 Å². The van der Waals surface area contributed by atoms with Gasteiger partial charge in [-0.2, -0.15) is 0 Å². The lowest BCUT2D eigenvalue weighted by molar-refractivity contribution is -0.129. The van der Waals surface area contributed by atoms with Gasteiger partial charge in [-0.1, -0.05) is 11.6 Å². The fourth-order valence-corrected chi connectivity index (χ4v) is 1.89. The minimum Gasteiger partial charge on any atom is -0.353 e. The summed E-state index contributed by atoms with van der Waals surface area (Å²) < 4.78 is 0. The molecule has 2 heterocycles. The summed E-state index contributed by atoms with van der Waals surface area (Å²) in [5, 5.41) is 0.444. The number of carbonyl (C=O) groups excluding carboxylic acids is 1. The molecule has 0 N–H and O–H groups in total. The second kappa shape index (κ2) is 4.65. The standard InChI is InChI=1S/C10H13ClN4O/c1-8(16)14-2-4-15(5-3-14)10-6-9(11)12-7-13-10/h6-7H,2-5H2,1H3. The zero-order valence-electron chi connectivity index (χ0n) is 9.06. The van der Waals surface area contributed by atoms with Gasteiger partial charge in [-0.05, 0) is 0 Å². The van der Waals surface area contributed by atoms with Crippen molar-refractivity contribution in [2.24, 2.45) is 0 Å². The first-order valence-electron chi connectivity index (χ1n) is 5.15. The third kappa shape index (κ3) is 2.41. The van der Waals surface area contributed by atoms with E-state index >= 15 is 0 Å². The van der Waals surface area contributed by atoms with Crippen LogP contribution in [0.4, 0.5) is 5.82 Å². The van der Waals surface area contributed by atoms with Crippen molar-refractivity contribution in [3.8, 4) is 0 Å². The summed E-state index contributed by atoms with van der Waals surface area (Å²) in [5.41, 5.74) is 0. The lowest BCUT2D eigenvalue weighted by atomic mass is 10.3. The molecule has 0 atom stereocenters. The van der Waals surface area contributed by atoms with Crippen molar-refractivity contribution in [3.63, 3.8) is 0 Å². The molecule has 1 amide bonds. The number of halogens is 1. The molecular formula is C10H13ClN4O. The fourth-order valence-electron chi connectivity index (χ4n) is 1.75. The summed E-state index contributed by atoms with van der Waals surface area (Å²) >= 11 is 5.80. The lowest BCUT2D eigenvalue weighted by Gasteiger charge is -2.34. The number of amides is 1. The molecule has 1 fully saturated rings. The molecule has 1 aromatic heterocycles. The van der Waals surface area contributed by atoms with Crippen LogP contribution in [-0.2, 0) is 4.79 Å². The Kier molecular flexibility index (Phi) is 3.24. The average molecular weight is 241 g/mol. The summed E-state index contributed by atoms with van der Waals surface area (Å²) in [5.74, 6) is 0.948. The van der Waals surface area contributed by atoms with E-state index in [-0.39, 0.29) is 5.91 Å². The molecule has 0 aromatic carbocycles. The van der Waals surface area contributed by atoms with Crippen molar-refractivity contribution in [1.29, 1.82) is 0 Å². The van der Waals surface area contributed by atoms with Gasteiger partial charge in [0.25, 0.3) is 0 Å². The van der Waals surface area contributed by atoms with Crippen molar-refractivity contribution in [3.05, 3.63) is 17.5 Å². The number of hydrogen-bond donors (Lipinski definition) is 0. The molecule has 6 heteroatoms. The van der Waals surface area contributed by atoms with Gasteiger partial charge in [-0.15, -0.1) is 0 Å². The summed E-state index contributed by atoms with van der Waals surface area (Å²) in [6.07, 6.45) is 1.45. The van der Waals surface area contributed by atoms with Gasteiger partial charge in [0.05, 0.1) is 0 Å². The van der Waals surface area contributed by atoms with Crippen molar-refractivity contribution in [1.82, 2.24) is 14.9 Å². The Balaban J connectivity index is 2.01. The second-order valence-electron chi connectivity index (χ2n) is 3.69. The highest BCUT2D eigenvalue weighted by molar-refractivity contribution is 6.29. The molecule has 1 aliphatic rings. The van der Waals surface area contributed by atoms with Crippen LogP contribution in [0, 0.1) is 0 Å². The van der Waals surface area contributed by atoms with Gasteiger partial charge in [0.15, 0.2) is 0 Å². The highest BCUT2D eigenvalue weighted by Gasteiger charge is 2.19. The molecule has 1 saturated heterocycles. The Morgan fingerprint density at radius 1 is 1.31 bits per heavy atom. The van der Waals surface area contributed by atoms with Crippen LogP contribution in [0.1, 0.15) is 6.92 Å². The third-order valence-electron chi connectivity index (χ3n) is 2.67. The van der Waals surface area contributed by atoms with E-state index < -0.39 is 0 Å². The van der Waals surface area contributed by atoms with E-state index in [9.17, 15) is 4.79 Å². The SMILES string of the molecule is CC(=O)N1CCN(c2cc(Cl)ncn2)CC1. The van der Waals surface area contributed by atoms with Crippen molar-refractivity contribution in [2.75, 3.05) is 31.1 Å². The number of nitrogens with zero attached hydrogens (tertiary/aromatic N) is 4. The van der Waals surface area contributed by atoms with Crippen LogP contribution < -0.4 is 4.90 Å². The second-order valence-corrected chi connectivity index (χ2v) is 4.08. The van der Waals surface area contributed by atoms with Crippen LogP contribution in [0.5, 0.6) is 0 Å². The molecule has 0 aliphatic carbocycles. The van der Waals surface area contributed by atoms with E-state index in [0.717, 1.165) is 32.0 Å². The van der Waals surface area contributed by atoms with Gasteiger partial charge in [0, 0.05) is 39.2 Å². The quantitative estimate of drug-likeness (QED) is 0.682. The largest absolute Gasteiger partial charge is 0.353 e. The summed E-state index contributed by atoms with van der Waals surface area (Å²) in [4.78, 5) is 23.1. The van der Waals surface area contributed by atoms with Crippen LogP contribution in [0.15, 0.2) is 12.4 Å². The highest BCUT2D eigenvalue weighted by Crippen LogP contribution is 2.15. The molecule has 0 spiro atoms. The van der Waals surface area contributed by atoms with E-state index in [1.165, 1.54) is 6.33 Å². The molecule has 0 radical (unpaired) electrons. The average Bonchev–Trinajstić information content (AvgIpc) is 2.29. The predicted molar refractivity (Wildman–Crippen MR) is 61.5 cm³/mol. The predicted octanol–water partition coefficient (Wildman–Crippen LogP) is 0.798. The number of anilines is 1. The number of aromatic nitrogens is 2. The molecule has 1 aromatic rings.